The highest BCUT2D eigenvalue weighted by Crippen LogP contribution is 2.28. The van der Waals surface area contributed by atoms with E-state index in [1.807, 2.05) is 13.0 Å². The number of nitrogens with zero attached hydrogens (tertiary/aromatic N) is 1. The van der Waals surface area contributed by atoms with Gasteiger partial charge in [0.05, 0.1) is 10.6 Å². The predicted octanol–water partition coefficient (Wildman–Crippen LogP) is 1.43. The molecule has 1 aliphatic carbocycles. The summed E-state index contributed by atoms with van der Waals surface area (Å²) < 4.78 is 24.3. The second-order valence-electron chi connectivity index (χ2n) is 5.22. The molecule has 6 heteroatoms. The normalized spacial score (nSPS) is 15.8. The predicted molar refractivity (Wildman–Crippen MR) is 85.2 cm³/mol. The van der Waals surface area contributed by atoms with E-state index in [1.54, 1.807) is 24.3 Å². The minimum Gasteiger partial charge on any atom is -0.357 e. The zero-order chi connectivity index (χ0) is 15.1. The Morgan fingerprint density at radius 3 is 2.57 bits per heavy atom. The van der Waals surface area contributed by atoms with E-state index in [2.05, 4.69) is 15.6 Å². The van der Waals surface area contributed by atoms with Gasteiger partial charge in [0.15, 0.2) is 15.8 Å². The molecule has 1 saturated carbocycles. The number of aliphatic imine (C=N–C) groups is 1. The zero-order valence-corrected chi connectivity index (χ0v) is 13.2. The second-order valence-corrected chi connectivity index (χ2v) is 7.33. The van der Waals surface area contributed by atoms with Gasteiger partial charge in [-0.15, -0.1) is 0 Å². The first-order valence-corrected chi connectivity index (χ1v) is 9.07. The van der Waals surface area contributed by atoms with Gasteiger partial charge in [0.25, 0.3) is 0 Å². The summed E-state index contributed by atoms with van der Waals surface area (Å²) in [5, 5.41) is 6.23. The molecule has 0 radical (unpaired) electrons. The monoisotopic (exact) mass is 309 g/mol. The van der Waals surface area contributed by atoms with Crippen molar-refractivity contribution in [1.29, 1.82) is 0 Å². The van der Waals surface area contributed by atoms with Gasteiger partial charge in [-0.2, -0.15) is 0 Å². The summed E-state index contributed by atoms with van der Waals surface area (Å²) >= 11 is 0. The quantitative estimate of drug-likeness (QED) is 0.590. The lowest BCUT2D eigenvalue weighted by molar-refractivity contribution is 0.594. The second kappa shape index (κ2) is 7.45. The van der Waals surface area contributed by atoms with E-state index in [-0.39, 0.29) is 5.75 Å². The third-order valence-corrected chi connectivity index (χ3v) is 5.05. The molecule has 0 aromatic heterocycles. The summed E-state index contributed by atoms with van der Waals surface area (Å²) in [7, 11) is -3.24. The largest absolute Gasteiger partial charge is 0.357 e. The van der Waals surface area contributed by atoms with Crippen LogP contribution in [0, 0.1) is 5.92 Å². The van der Waals surface area contributed by atoms with Crippen molar-refractivity contribution >= 4 is 15.8 Å². The van der Waals surface area contributed by atoms with Crippen molar-refractivity contribution in [2.75, 3.05) is 25.4 Å². The lowest BCUT2D eigenvalue weighted by Gasteiger charge is -2.11. The standard InChI is InChI=1S/C15H23N3O2S/c1-2-16-15(18-12-13-8-9-13)17-10-11-21(19,20)14-6-4-3-5-7-14/h3-7,13H,2,8-12H2,1H3,(H2,16,17,18). The van der Waals surface area contributed by atoms with Crippen molar-refractivity contribution in [1.82, 2.24) is 10.6 Å². The Kier molecular flexibility index (Phi) is 5.61. The third-order valence-electron chi connectivity index (χ3n) is 3.31. The Morgan fingerprint density at radius 1 is 1.24 bits per heavy atom. The maximum atomic E-state index is 12.1. The number of hydrogen-bond donors (Lipinski definition) is 2. The maximum Gasteiger partial charge on any atom is 0.191 e. The Hall–Kier alpha value is -1.56. The molecular weight excluding hydrogens is 286 g/mol. The fourth-order valence-electron chi connectivity index (χ4n) is 1.91. The fourth-order valence-corrected chi connectivity index (χ4v) is 3.09. The maximum absolute atomic E-state index is 12.1. The topological polar surface area (TPSA) is 70.6 Å². The van der Waals surface area contributed by atoms with Crippen molar-refractivity contribution < 1.29 is 8.42 Å². The SMILES string of the molecule is CCNC(=NCC1CC1)NCCS(=O)(=O)c1ccccc1. The minimum absolute atomic E-state index is 0.0604. The first-order chi connectivity index (χ1) is 10.1. The molecule has 2 rings (SSSR count). The molecule has 116 valence electrons. The van der Waals surface area contributed by atoms with Gasteiger partial charge in [-0.25, -0.2) is 8.42 Å². The van der Waals surface area contributed by atoms with Crippen LogP contribution in [0.25, 0.3) is 0 Å². The summed E-state index contributed by atoms with van der Waals surface area (Å²) in [5.74, 6) is 1.48. The number of benzene rings is 1. The smallest absolute Gasteiger partial charge is 0.191 e. The molecule has 1 aromatic rings. The van der Waals surface area contributed by atoms with Gasteiger partial charge in [0.1, 0.15) is 0 Å². The van der Waals surface area contributed by atoms with E-state index in [0.29, 0.717) is 23.3 Å². The van der Waals surface area contributed by atoms with Gasteiger partial charge in [-0.05, 0) is 37.8 Å². The van der Waals surface area contributed by atoms with E-state index < -0.39 is 9.84 Å². The minimum atomic E-state index is -3.24. The highest BCUT2D eigenvalue weighted by atomic mass is 32.2. The molecule has 0 heterocycles. The van der Waals surface area contributed by atoms with E-state index in [4.69, 9.17) is 0 Å². The van der Waals surface area contributed by atoms with Gasteiger partial charge >= 0.3 is 0 Å². The summed E-state index contributed by atoms with van der Waals surface area (Å²) in [6, 6.07) is 8.54. The average Bonchev–Trinajstić information content (AvgIpc) is 3.30. The van der Waals surface area contributed by atoms with E-state index >= 15 is 0 Å². The Bertz CT molecular complexity index is 566. The number of guanidine groups is 1. The number of rotatable bonds is 7. The summed E-state index contributed by atoms with van der Waals surface area (Å²) in [4.78, 5) is 4.83. The molecule has 0 amide bonds. The molecule has 0 spiro atoms. The van der Waals surface area contributed by atoms with Gasteiger partial charge < -0.3 is 10.6 Å². The van der Waals surface area contributed by atoms with Crippen molar-refractivity contribution in [3.05, 3.63) is 30.3 Å². The Morgan fingerprint density at radius 2 is 1.95 bits per heavy atom. The van der Waals surface area contributed by atoms with Crippen LogP contribution in [0.2, 0.25) is 0 Å². The molecule has 1 fully saturated rings. The van der Waals surface area contributed by atoms with Crippen LogP contribution in [0.15, 0.2) is 40.2 Å². The average molecular weight is 309 g/mol. The van der Waals surface area contributed by atoms with Crippen LogP contribution < -0.4 is 10.6 Å². The molecule has 0 aliphatic heterocycles. The van der Waals surface area contributed by atoms with Crippen molar-refractivity contribution in [3.63, 3.8) is 0 Å². The molecule has 1 aromatic carbocycles. The van der Waals surface area contributed by atoms with E-state index in [0.717, 1.165) is 13.1 Å². The summed E-state index contributed by atoms with van der Waals surface area (Å²) in [5.41, 5.74) is 0. The van der Waals surface area contributed by atoms with E-state index in [1.165, 1.54) is 12.8 Å². The molecule has 2 N–H and O–H groups in total. The van der Waals surface area contributed by atoms with Crippen molar-refractivity contribution in [2.45, 2.75) is 24.7 Å². The first kappa shape index (κ1) is 15.8. The highest BCUT2D eigenvalue weighted by molar-refractivity contribution is 7.91. The van der Waals surface area contributed by atoms with Crippen LogP contribution in [0.4, 0.5) is 0 Å². The summed E-state index contributed by atoms with van der Waals surface area (Å²) in [6.07, 6.45) is 2.51. The van der Waals surface area contributed by atoms with Crippen LogP contribution in [0.5, 0.6) is 0 Å². The lowest BCUT2D eigenvalue weighted by Crippen LogP contribution is -2.39. The van der Waals surface area contributed by atoms with Gasteiger partial charge in [-0.3, -0.25) is 4.99 Å². The lowest BCUT2D eigenvalue weighted by atomic mass is 10.4. The van der Waals surface area contributed by atoms with Gasteiger partial charge in [0, 0.05) is 19.6 Å². The number of hydrogen-bond acceptors (Lipinski definition) is 3. The van der Waals surface area contributed by atoms with Crippen LogP contribution in [-0.2, 0) is 9.84 Å². The zero-order valence-electron chi connectivity index (χ0n) is 12.4. The third kappa shape index (κ3) is 5.38. The Balaban J connectivity index is 1.84. The highest BCUT2D eigenvalue weighted by Gasteiger charge is 2.20. The molecule has 0 unspecified atom stereocenters. The van der Waals surface area contributed by atoms with Crippen LogP contribution in [0.3, 0.4) is 0 Å². The fraction of sp³-hybridized carbons (Fsp3) is 0.533. The van der Waals surface area contributed by atoms with Gasteiger partial charge in [-0.1, -0.05) is 18.2 Å². The van der Waals surface area contributed by atoms with Crippen molar-refractivity contribution in [3.8, 4) is 0 Å². The molecule has 1 aliphatic rings. The number of nitrogens with one attached hydrogen (secondary N) is 2. The molecular formula is C15H23N3O2S. The molecule has 0 atom stereocenters. The first-order valence-electron chi connectivity index (χ1n) is 7.42. The van der Waals surface area contributed by atoms with Crippen LogP contribution >= 0.6 is 0 Å². The summed E-state index contributed by atoms with van der Waals surface area (Å²) in [6.45, 7) is 3.94. The molecule has 0 bridgehead atoms. The Labute approximate surface area is 126 Å². The molecule has 0 saturated heterocycles. The number of sulfone groups is 1. The molecule has 5 nitrogen and oxygen atoms in total. The van der Waals surface area contributed by atoms with E-state index in [9.17, 15) is 8.42 Å². The van der Waals surface area contributed by atoms with Gasteiger partial charge in [0.2, 0.25) is 0 Å². The van der Waals surface area contributed by atoms with Crippen LogP contribution in [0.1, 0.15) is 19.8 Å². The molecule has 21 heavy (non-hydrogen) atoms. The van der Waals surface area contributed by atoms with Crippen LogP contribution in [-0.4, -0.2) is 39.8 Å². The van der Waals surface area contributed by atoms with Crippen molar-refractivity contribution in [2.24, 2.45) is 10.9 Å².